The van der Waals surface area contributed by atoms with Gasteiger partial charge in [-0.1, -0.05) is 0 Å². The third-order valence-corrected chi connectivity index (χ3v) is 5.91. The Hall–Kier alpha value is -3.63. The van der Waals surface area contributed by atoms with Gasteiger partial charge in [-0.05, 0) is 43.4 Å². The van der Waals surface area contributed by atoms with Gasteiger partial charge < -0.3 is 9.64 Å². The molecule has 2 bridgehead atoms. The number of hydrogen-bond donors (Lipinski definition) is 0. The number of alkyl halides is 3. The van der Waals surface area contributed by atoms with Crippen molar-refractivity contribution < 1.29 is 22.7 Å². The molecule has 11 heteroatoms. The van der Waals surface area contributed by atoms with Crippen molar-refractivity contribution in [2.24, 2.45) is 5.92 Å². The summed E-state index contributed by atoms with van der Waals surface area (Å²) in [6.45, 7) is 2.44. The average Bonchev–Trinajstić information content (AvgIpc) is 3.40. The molecule has 1 saturated carbocycles. The van der Waals surface area contributed by atoms with Gasteiger partial charge in [0.1, 0.15) is 11.8 Å². The van der Waals surface area contributed by atoms with E-state index < -0.39 is 11.9 Å². The molecular formula is C22H19F3N6O2. The molecule has 3 atom stereocenters. The average molecular weight is 456 g/mol. The standard InChI is InChI=1S/C22H19F3N6O2/c1-12-5-14(20-26-3-2-4-27-20)19(30-8-12)21(32)31-11-13-6-15(31)16(7-13)33-18-10-28-17(9-29-18)22(23,24)25/h2-5,8-10,13,15-16H,6-7,11H2,1H3. The van der Waals surface area contributed by atoms with Crippen LogP contribution < -0.4 is 4.74 Å². The summed E-state index contributed by atoms with van der Waals surface area (Å²) in [4.78, 5) is 35.3. The van der Waals surface area contributed by atoms with E-state index in [1.165, 1.54) is 0 Å². The molecule has 1 aliphatic heterocycles. The molecular weight excluding hydrogens is 437 g/mol. The summed E-state index contributed by atoms with van der Waals surface area (Å²) in [5, 5.41) is 0. The molecule has 1 aliphatic carbocycles. The van der Waals surface area contributed by atoms with E-state index in [-0.39, 0.29) is 35.5 Å². The first-order chi connectivity index (χ1) is 15.8. The van der Waals surface area contributed by atoms with Crippen LogP contribution in [0.15, 0.2) is 43.1 Å². The second-order valence-corrected chi connectivity index (χ2v) is 8.24. The van der Waals surface area contributed by atoms with Crippen molar-refractivity contribution in [1.29, 1.82) is 0 Å². The maximum atomic E-state index is 13.5. The molecule has 0 spiro atoms. The van der Waals surface area contributed by atoms with Crippen molar-refractivity contribution in [3.8, 4) is 17.3 Å². The Balaban J connectivity index is 1.37. The minimum atomic E-state index is -4.57. The first kappa shape index (κ1) is 21.2. The van der Waals surface area contributed by atoms with Crippen LogP contribution in [0.4, 0.5) is 13.2 Å². The number of aromatic nitrogens is 5. The van der Waals surface area contributed by atoms with Crippen molar-refractivity contribution in [2.45, 2.75) is 38.1 Å². The van der Waals surface area contributed by atoms with Crippen molar-refractivity contribution in [1.82, 2.24) is 29.8 Å². The van der Waals surface area contributed by atoms with Crippen LogP contribution in [0.3, 0.4) is 0 Å². The number of pyridine rings is 1. The minimum absolute atomic E-state index is 0.000200. The van der Waals surface area contributed by atoms with E-state index in [4.69, 9.17) is 4.74 Å². The molecule has 2 fully saturated rings. The highest BCUT2D eigenvalue weighted by Crippen LogP contribution is 2.41. The smallest absolute Gasteiger partial charge is 0.434 e. The van der Waals surface area contributed by atoms with Crippen LogP contribution in [0.5, 0.6) is 5.88 Å². The van der Waals surface area contributed by atoms with Crippen LogP contribution in [0, 0.1) is 12.8 Å². The maximum Gasteiger partial charge on any atom is 0.434 e. The zero-order valence-corrected chi connectivity index (χ0v) is 17.5. The number of rotatable bonds is 4. The Morgan fingerprint density at radius 2 is 1.85 bits per heavy atom. The van der Waals surface area contributed by atoms with Crippen LogP contribution in [0.2, 0.25) is 0 Å². The summed E-state index contributed by atoms with van der Waals surface area (Å²) in [5.74, 6) is 0.388. The third-order valence-electron chi connectivity index (χ3n) is 5.91. The topological polar surface area (TPSA) is 94.0 Å². The molecule has 1 amide bonds. The monoisotopic (exact) mass is 456 g/mol. The lowest BCUT2D eigenvalue weighted by Crippen LogP contribution is -2.47. The van der Waals surface area contributed by atoms with Crippen molar-refractivity contribution in [3.63, 3.8) is 0 Å². The molecule has 170 valence electrons. The molecule has 4 heterocycles. The predicted molar refractivity (Wildman–Crippen MR) is 109 cm³/mol. The van der Waals surface area contributed by atoms with Gasteiger partial charge in [-0.25, -0.2) is 19.9 Å². The van der Waals surface area contributed by atoms with Gasteiger partial charge in [-0.2, -0.15) is 13.2 Å². The van der Waals surface area contributed by atoms with Crippen molar-refractivity contribution >= 4 is 5.91 Å². The number of halogens is 3. The zero-order chi connectivity index (χ0) is 23.2. The fourth-order valence-electron chi connectivity index (χ4n) is 4.49. The normalized spacial score (nSPS) is 21.9. The Labute approximate surface area is 186 Å². The zero-order valence-electron chi connectivity index (χ0n) is 17.5. The van der Waals surface area contributed by atoms with E-state index in [0.29, 0.717) is 30.6 Å². The van der Waals surface area contributed by atoms with Crippen LogP contribution >= 0.6 is 0 Å². The lowest BCUT2D eigenvalue weighted by Gasteiger charge is -2.33. The van der Waals surface area contributed by atoms with Crippen LogP contribution in [-0.2, 0) is 6.18 Å². The molecule has 33 heavy (non-hydrogen) atoms. The van der Waals surface area contributed by atoms with E-state index in [1.54, 1.807) is 29.6 Å². The summed E-state index contributed by atoms with van der Waals surface area (Å²) in [6, 6.07) is 3.29. The van der Waals surface area contributed by atoms with Gasteiger partial charge in [-0.15, -0.1) is 0 Å². The lowest BCUT2D eigenvalue weighted by atomic mass is 10.1. The number of fused-ring (bicyclic) bond motifs is 2. The number of amides is 1. The second-order valence-electron chi connectivity index (χ2n) is 8.24. The highest BCUT2D eigenvalue weighted by atomic mass is 19.4. The number of aryl methyl sites for hydroxylation is 1. The molecule has 5 rings (SSSR count). The van der Waals surface area contributed by atoms with Crippen molar-refractivity contribution in [3.05, 3.63) is 60.1 Å². The molecule has 2 aliphatic rings. The summed E-state index contributed by atoms with van der Waals surface area (Å²) >= 11 is 0. The van der Waals surface area contributed by atoms with Gasteiger partial charge in [0.25, 0.3) is 5.91 Å². The Morgan fingerprint density at radius 3 is 2.52 bits per heavy atom. The van der Waals surface area contributed by atoms with Gasteiger partial charge in [-0.3, -0.25) is 9.78 Å². The van der Waals surface area contributed by atoms with Gasteiger partial charge in [0, 0.05) is 25.1 Å². The number of carbonyl (C=O) groups excluding carboxylic acids is 1. The summed E-state index contributed by atoms with van der Waals surface area (Å²) in [5.41, 5.74) is 0.599. The Morgan fingerprint density at radius 1 is 1.06 bits per heavy atom. The summed E-state index contributed by atoms with van der Waals surface area (Å²) in [6.07, 6.45) is 2.92. The first-order valence-electron chi connectivity index (χ1n) is 10.4. The minimum Gasteiger partial charge on any atom is -0.471 e. The lowest BCUT2D eigenvalue weighted by molar-refractivity contribution is -0.141. The van der Waals surface area contributed by atoms with E-state index in [0.717, 1.165) is 18.2 Å². The molecule has 1 saturated heterocycles. The summed E-state index contributed by atoms with van der Waals surface area (Å²) in [7, 11) is 0. The Kier molecular flexibility index (Phi) is 5.18. The number of ether oxygens (including phenoxy) is 1. The molecule has 0 N–H and O–H groups in total. The van der Waals surface area contributed by atoms with E-state index in [2.05, 4.69) is 24.9 Å². The summed E-state index contributed by atoms with van der Waals surface area (Å²) < 4.78 is 44.0. The van der Waals surface area contributed by atoms with Crippen LogP contribution in [0.25, 0.3) is 11.4 Å². The second kappa shape index (κ2) is 8.05. The molecule has 3 aromatic rings. The number of hydrogen-bond acceptors (Lipinski definition) is 7. The van der Waals surface area contributed by atoms with E-state index in [1.807, 2.05) is 13.0 Å². The molecule has 8 nitrogen and oxygen atoms in total. The fraction of sp³-hybridized carbons (Fsp3) is 0.364. The highest BCUT2D eigenvalue weighted by Gasteiger charge is 2.49. The first-order valence-corrected chi connectivity index (χ1v) is 10.4. The van der Waals surface area contributed by atoms with Crippen LogP contribution in [-0.4, -0.2) is 54.4 Å². The van der Waals surface area contributed by atoms with E-state index >= 15 is 0 Å². The predicted octanol–water partition coefficient (Wildman–Crippen LogP) is 3.34. The largest absolute Gasteiger partial charge is 0.471 e. The van der Waals surface area contributed by atoms with Gasteiger partial charge in [0.05, 0.1) is 24.0 Å². The molecule has 3 unspecified atom stereocenters. The van der Waals surface area contributed by atoms with E-state index in [9.17, 15) is 18.0 Å². The molecule has 3 aromatic heterocycles. The fourth-order valence-corrected chi connectivity index (χ4v) is 4.49. The number of piperidine rings is 1. The Bertz CT molecular complexity index is 1170. The van der Waals surface area contributed by atoms with Gasteiger partial charge in [0.2, 0.25) is 5.88 Å². The van der Waals surface area contributed by atoms with Crippen LogP contribution in [0.1, 0.15) is 34.6 Å². The molecule has 0 aromatic carbocycles. The number of likely N-dealkylation sites (tertiary alicyclic amines) is 1. The highest BCUT2D eigenvalue weighted by molar-refractivity contribution is 5.98. The quantitative estimate of drug-likeness (QED) is 0.594. The maximum absolute atomic E-state index is 13.5. The SMILES string of the molecule is Cc1cnc(C(=O)N2CC3CC(Oc4cnc(C(F)(F)F)cn4)C2C3)c(-c2ncccn2)c1. The molecule has 0 radical (unpaired) electrons. The number of nitrogens with zero attached hydrogens (tertiary/aromatic N) is 6. The third kappa shape index (κ3) is 4.10. The van der Waals surface area contributed by atoms with Gasteiger partial charge >= 0.3 is 6.18 Å². The van der Waals surface area contributed by atoms with Crippen molar-refractivity contribution in [2.75, 3.05) is 6.54 Å². The number of carbonyl (C=O) groups is 1. The van der Waals surface area contributed by atoms with Gasteiger partial charge in [0.15, 0.2) is 11.5 Å².